The van der Waals surface area contributed by atoms with Crippen LogP contribution in [0, 0.1) is 11.8 Å². The van der Waals surface area contributed by atoms with Crippen LogP contribution in [0.5, 0.6) is 0 Å². The van der Waals surface area contributed by atoms with Gasteiger partial charge in [-0.25, -0.2) is 0 Å². The number of hydrogen-bond acceptors (Lipinski definition) is 11. The number of nitrogens with zero attached hydrogens (tertiary/aromatic N) is 8. The zero-order valence-corrected chi connectivity index (χ0v) is 64.2. The van der Waals surface area contributed by atoms with Crippen molar-refractivity contribution in [3.63, 3.8) is 0 Å². The first-order valence-corrected chi connectivity index (χ1v) is 36.1. The third kappa shape index (κ3) is 37.1. The lowest BCUT2D eigenvalue weighted by Crippen LogP contribution is -2.51. The van der Waals surface area contributed by atoms with E-state index in [2.05, 4.69) is 201 Å². The maximum absolute atomic E-state index is 11.4. The third-order valence-electron chi connectivity index (χ3n) is 17.8. The van der Waals surface area contributed by atoms with Gasteiger partial charge in [0.15, 0.2) is 0 Å². The summed E-state index contributed by atoms with van der Waals surface area (Å²) < 4.78 is 10.4. The van der Waals surface area contributed by atoms with Crippen molar-refractivity contribution in [2.45, 2.75) is 289 Å². The summed E-state index contributed by atoms with van der Waals surface area (Å²) in [5.41, 5.74) is 3.25. The van der Waals surface area contributed by atoms with E-state index in [1.54, 1.807) is 0 Å². The molecule has 1 N–H and O–H groups in total. The molecule has 0 aromatic heterocycles. The molecule has 8 saturated heterocycles. The maximum Gasteiger partial charge on any atom is 0.225 e. The van der Waals surface area contributed by atoms with Gasteiger partial charge in [-0.15, -0.1) is 0 Å². The summed E-state index contributed by atoms with van der Waals surface area (Å²) >= 11 is 0. The summed E-state index contributed by atoms with van der Waals surface area (Å²) in [6.45, 7) is 75.0. The number of piperidine rings is 2. The Labute approximate surface area is 561 Å². The summed E-state index contributed by atoms with van der Waals surface area (Å²) in [6, 6.07) is 10.6. The first-order chi connectivity index (χ1) is 42.0. The van der Waals surface area contributed by atoms with E-state index < -0.39 is 0 Å². The summed E-state index contributed by atoms with van der Waals surface area (Å²) in [5, 5.41) is 3.35. The monoisotopic (exact) mass is 1280 g/mol. The fourth-order valence-corrected chi connectivity index (χ4v) is 11.8. The van der Waals surface area contributed by atoms with E-state index in [4.69, 9.17) is 9.47 Å². The Morgan fingerprint density at radius 3 is 0.956 bits per heavy atom. The molecule has 0 bridgehead atoms. The molecule has 0 saturated carbocycles. The van der Waals surface area contributed by atoms with E-state index in [1.165, 1.54) is 96.2 Å². The normalized spacial score (nSPS) is 20.2. The molecule has 9 rings (SSSR count). The Morgan fingerprint density at radius 2 is 0.670 bits per heavy atom. The van der Waals surface area contributed by atoms with Crippen molar-refractivity contribution >= 4 is 23.6 Å². The highest BCUT2D eigenvalue weighted by molar-refractivity contribution is 5.79. The lowest BCUT2D eigenvalue weighted by atomic mass is 9.87. The number of carbonyl (C=O) groups excluding carboxylic acids is 4. The second kappa shape index (κ2) is 41.7. The molecule has 15 heteroatoms. The number of piperazine rings is 1. The zero-order chi connectivity index (χ0) is 69.4. The summed E-state index contributed by atoms with van der Waals surface area (Å²) in [4.78, 5) is 63.0. The highest BCUT2D eigenvalue weighted by atomic mass is 16.5. The van der Waals surface area contributed by atoms with Crippen LogP contribution in [-0.4, -0.2) is 227 Å². The van der Waals surface area contributed by atoms with Gasteiger partial charge >= 0.3 is 0 Å². The standard InChI is InChI=1S/C10H14.C9H17NO.C9H19N.C8H18N2.C8H15NO2.C8H17NO.2C8H15NO.C8H17N/c1-10(2,3)9-7-5-4-6-8-9;1-9(2,3)10-7-5-4-6-8(10)11;1-9(2,3)10-7-5-4-6-8-10;1-8(2,3)10-6-4-9-5-7-10;1-7(2)8(10)9-3-5-11-6-4-9;1-8(2,3)9-4-6-10-7-5-9;1-8(2,3)9-6-4-5-7(9)10;1-7(2)8(10)9-5-3-4-6-9;1-8(2,3)9-6-4-5-7-9/h4-8H,1-3H3;4-7H2,1-3H3;4-8H2,1-3H3;9H,4-7H2,1-3H3;7H,3-6H2,1-2H3;4-7H2,1-3H3;4-6H2,1-3H3;7H,3-6H2,1-2H3;4-7H2,1-3H3. The van der Waals surface area contributed by atoms with Crippen molar-refractivity contribution in [3.8, 4) is 0 Å². The molecule has 4 amide bonds. The number of amides is 4. The van der Waals surface area contributed by atoms with Gasteiger partial charge in [0.2, 0.25) is 23.6 Å². The quantitative estimate of drug-likeness (QED) is 0.304. The number of likely N-dealkylation sites (tertiary alicyclic amines) is 5. The Morgan fingerprint density at radius 1 is 0.363 bits per heavy atom. The smallest absolute Gasteiger partial charge is 0.225 e. The average Bonchev–Trinajstić information content (AvgIpc) is 3.67. The van der Waals surface area contributed by atoms with Gasteiger partial charge in [-0.05, 0) is 220 Å². The molecule has 0 aliphatic carbocycles. The number of nitrogens with one attached hydrogen (secondary N) is 1. The maximum atomic E-state index is 11.4. The third-order valence-corrected chi connectivity index (χ3v) is 17.8. The number of carbonyl (C=O) groups is 4. The Kier molecular flexibility index (Phi) is 39.3. The molecule has 15 nitrogen and oxygen atoms in total. The molecule has 8 aliphatic rings. The highest BCUT2D eigenvalue weighted by Crippen LogP contribution is 2.25. The number of rotatable bonds is 2. The lowest BCUT2D eigenvalue weighted by Gasteiger charge is -2.38. The molecule has 1 aromatic carbocycles. The molecule has 0 unspecified atom stereocenters. The Balaban J connectivity index is 0.000000512. The molecule has 91 heavy (non-hydrogen) atoms. The summed E-state index contributed by atoms with van der Waals surface area (Å²) in [7, 11) is 0. The van der Waals surface area contributed by atoms with Gasteiger partial charge in [0.05, 0.1) is 26.4 Å². The second-order valence-corrected chi connectivity index (χ2v) is 33.7. The fraction of sp³-hybridized carbons (Fsp3) is 0.868. The largest absolute Gasteiger partial charge is 0.379 e. The fourth-order valence-electron chi connectivity index (χ4n) is 11.8. The molecule has 8 fully saturated rings. The predicted octanol–water partition coefficient (Wildman–Crippen LogP) is 13.9. The predicted molar refractivity (Wildman–Crippen MR) is 386 cm³/mol. The van der Waals surface area contributed by atoms with Gasteiger partial charge in [0.1, 0.15) is 0 Å². The van der Waals surface area contributed by atoms with Crippen LogP contribution in [0.4, 0.5) is 0 Å². The molecule has 8 heterocycles. The van der Waals surface area contributed by atoms with Crippen molar-refractivity contribution in [3.05, 3.63) is 35.9 Å². The molecule has 8 aliphatic heterocycles. The number of hydrogen-bond donors (Lipinski definition) is 1. The van der Waals surface area contributed by atoms with Gasteiger partial charge < -0.3 is 34.4 Å². The Hall–Kier alpha value is -3.18. The van der Waals surface area contributed by atoms with Crippen molar-refractivity contribution in [1.82, 2.24) is 44.5 Å². The van der Waals surface area contributed by atoms with E-state index >= 15 is 0 Å². The SMILES string of the molecule is CC(C)(C)N1CCCC1.CC(C)(C)N1CCCC1=O.CC(C)(C)N1CCCCC1.CC(C)(C)N1CCCCC1=O.CC(C)(C)N1CCNCC1.CC(C)(C)N1CCOCC1.CC(C)(C)c1ccccc1.CC(C)C(=O)N1CCCC1.CC(C)C(=O)N1CCOCC1. The second-order valence-electron chi connectivity index (χ2n) is 33.7. The molecule has 0 spiro atoms. The highest BCUT2D eigenvalue weighted by Gasteiger charge is 2.31. The number of morpholine rings is 2. The lowest BCUT2D eigenvalue weighted by molar-refractivity contribution is -0.139. The van der Waals surface area contributed by atoms with E-state index in [0.717, 1.165) is 104 Å². The summed E-state index contributed by atoms with van der Waals surface area (Å²) in [6.07, 6.45) is 14.2. The Bertz CT molecular complexity index is 2020. The van der Waals surface area contributed by atoms with Crippen LogP contribution >= 0.6 is 0 Å². The van der Waals surface area contributed by atoms with Crippen LogP contribution in [0.15, 0.2) is 30.3 Å². The van der Waals surface area contributed by atoms with Crippen LogP contribution in [0.25, 0.3) is 0 Å². The molecule has 0 atom stereocenters. The van der Waals surface area contributed by atoms with E-state index in [1.807, 2.05) is 47.3 Å². The first-order valence-electron chi connectivity index (χ1n) is 36.1. The topological polar surface area (TPSA) is 125 Å². The van der Waals surface area contributed by atoms with E-state index in [9.17, 15) is 19.2 Å². The molecule has 1 aromatic rings. The van der Waals surface area contributed by atoms with Crippen molar-refractivity contribution < 1.29 is 28.7 Å². The van der Waals surface area contributed by atoms with Crippen LogP contribution in [0.3, 0.4) is 0 Å². The van der Waals surface area contributed by atoms with Gasteiger partial charge in [-0.1, -0.05) is 85.2 Å². The van der Waals surface area contributed by atoms with Gasteiger partial charge in [0.25, 0.3) is 0 Å². The zero-order valence-electron chi connectivity index (χ0n) is 64.2. The molecule has 532 valence electrons. The molecule has 0 radical (unpaired) electrons. The van der Waals surface area contributed by atoms with Gasteiger partial charge in [0, 0.05) is 136 Å². The van der Waals surface area contributed by atoms with Crippen molar-refractivity contribution in [2.75, 3.05) is 131 Å². The summed E-state index contributed by atoms with van der Waals surface area (Å²) in [5.74, 6) is 1.49. The van der Waals surface area contributed by atoms with Crippen LogP contribution < -0.4 is 5.32 Å². The van der Waals surface area contributed by atoms with E-state index in [-0.39, 0.29) is 28.8 Å². The average molecular weight is 1280 g/mol. The first kappa shape index (κ1) is 85.8. The van der Waals surface area contributed by atoms with Crippen LogP contribution in [-0.2, 0) is 34.1 Å². The van der Waals surface area contributed by atoms with E-state index in [0.29, 0.717) is 58.5 Å². The van der Waals surface area contributed by atoms with Crippen molar-refractivity contribution in [2.24, 2.45) is 11.8 Å². The minimum Gasteiger partial charge on any atom is -0.379 e. The molecular weight excluding hydrogens is 1130 g/mol. The molecular formula is C76H147N9O6. The van der Waals surface area contributed by atoms with Crippen LogP contribution in [0.1, 0.15) is 256 Å². The van der Waals surface area contributed by atoms with Crippen molar-refractivity contribution in [1.29, 1.82) is 0 Å². The van der Waals surface area contributed by atoms with Crippen LogP contribution in [0.2, 0.25) is 0 Å². The van der Waals surface area contributed by atoms with Gasteiger partial charge in [-0.2, -0.15) is 0 Å². The minimum absolute atomic E-state index is 0.0253. The number of benzene rings is 1. The minimum atomic E-state index is 0.0253. The number of ether oxygens (including phenoxy) is 2. The van der Waals surface area contributed by atoms with Gasteiger partial charge in [-0.3, -0.25) is 38.8 Å².